The van der Waals surface area contributed by atoms with E-state index in [0.717, 1.165) is 49.1 Å². The van der Waals surface area contributed by atoms with Crippen molar-refractivity contribution in [3.63, 3.8) is 0 Å². The van der Waals surface area contributed by atoms with Crippen molar-refractivity contribution in [1.82, 2.24) is 5.32 Å². The van der Waals surface area contributed by atoms with E-state index < -0.39 is 0 Å². The first kappa shape index (κ1) is 27.4. The van der Waals surface area contributed by atoms with Crippen LogP contribution in [0.3, 0.4) is 0 Å². The molecule has 1 amide bonds. The van der Waals surface area contributed by atoms with Crippen molar-refractivity contribution in [3.05, 3.63) is 89.4 Å². The van der Waals surface area contributed by atoms with E-state index in [4.69, 9.17) is 10.7 Å². The Hall–Kier alpha value is -3.21. The van der Waals surface area contributed by atoms with Crippen LogP contribution in [-0.2, 0) is 4.79 Å². The number of nitrogens with one attached hydrogen (secondary N) is 1. The summed E-state index contributed by atoms with van der Waals surface area (Å²) in [6.07, 6.45) is 15.8. The molecule has 4 nitrogen and oxygen atoms in total. The standard InChI is InChI=1S/C34H42FN3O/c1-34-22-26(23-36)32(37-30-17-15-29(35)16-18-30)21-28(34)14-13-27(34)20-31(25-10-6-3-7-11-25)38-33(39)19-12-24-8-4-2-5-9-24/h3,6-7,10-11,15-18,21,23-24,27,31H,2,4-5,8-9,12-14,19-20,22,36H2,1H3,(H,38,39)/t27-,31?,34-/m1/s1. The van der Waals surface area contributed by atoms with Crippen molar-refractivity contribution in [2.45, 2.75) is 83.6 Å². The first-order valence-electron chi connectivity index (χ1n) is 14.8. The fourth-order valence-electron chi connectivity index (χ4n) is 7.04. The van der Waals surface area contributed by atoms with E-state index in [1.165, 1.54) is 55.4 Å². The van der Waals surface area contributed by atoms with Crippen LogP contribution in [0.1, 0.15) is 89.2 Å². The lowest BCUT2D eigenvalue weighted by atomic mass is 9.66. The van der Waals surface area contributed by atoms with Crippen LogP contribution in [0.4, 0.5) is 10.1 Å². The van der Waals surface area contributed by atoms with Crippen LogP contribution in [0.25, 0.3) is 0 Å². The lowest BCUT2D eigenvalue weighted by Gasteiger charge is -2.39. The maximum absolute atomic E-state index is 13.4. The molecular weight excluding hydrogens is 485 g/mol. The molecule has 0 heterocycles. The molecule has 0 spiro atoms. The van der Waals surface area contributed by atoms with Crippen LogP contribution in [-0.4, -0.2) is 11.6 Å². The summed E-state index contributed by atoms with van der Waals surface area (Å²) < 4.78 is 13.4. The number of carbonyl (C=O) groups is 1. The van der Waals surface area contributed by atoms with Crippen molar-refractivity contribution >= 4 is 17.3 Å². The van der Waals surface area contributed by atoms with Gasteiger partial charge in [0.15, 0.2) is 0 Å². The summed E-state index contributed by atoms with van der Waals surface area (Å²) in [4.78, 5) is 18.0. The fraction of sp³-hybridized carbons (Fsp3) is 0.471. The largest absolute Gasteiger partial charge is 0.404 e. The lowest BCUT2D eigenvalue weighted by molar-refractivity contribution is -0.122. The predicted molar refractivity (Wildman–Crippen MR) is 157 cm³/mol. The molecule has 2 aromatic rings. The molecule has 0 radical (unpaired) electrons. The number of nitrogens with zero attached hydrogens (tertiary/aromatic N) is 1. The molecule has 3 atom stereocenters. The Morgan fingerprint density at radius 3 is 2.56 bits per heavy atom. The van der Waals surface area contributed by atoms with Gasteiger partial charge in [-0.3, -0.25) is 4.79 Å². The van der Waals surface area contributed by atoms with Gasteiger partial charge in [-0.1, -0.05) is 74.9 Å². The summed E-state index contributed by atoms with van der Waals surface area (Å²) in [5.74, 6) is 1.02. The SMILES string of the molecule is C[C@]12CC(=CN)C(=Nc3ccc(F)cc3)C=C1CC[C@@H]2CC(NC(=O)CCC1CCCCC1)c1ccccc1. The van der Waals surface area contributed by atoms with Crippen molar-refractivity contribution in [2.75, 3.05) is 0 Å². The Labute approximate surface area is 232 Å². The maximum atomic E-state index is 13.4. The molecule has 206 valence electrons. The Bertz CT molecular complexity index is 1230. The normalized spacial score (nSPS) is 26.3. The minimum Gasteiger partial charge on any atom is -0.404 e. The van der Waals surface area contributed by atoms with Gasteiger partial charge in [0, 0.05) is 6.42 Å². The fourth-order valence-corrected chi connectivity index (χ4v) is 7.04. The van der Waals surface area contributed by atoms with Gasteiger partial charge in [0.2, 0.25) is 5.91 Å². The van der Waals surface area contributed by atoms with Crippen molar-refractivity contribution in [1.29, 1.82) is 0 Å². The molecule has 5 rings (SSSR count). The van der Waals surface area contributed by atoms with E-state index in [9.17, 15) is 9.18 Å². The highest BCUT2D eigenvalue weighted by Gasteiger charge is 2.46. The van der Waals surface area contributed by atoms with Gasteiger partial charge in [-0.2, -0.15) is 0 Å². The molecule has 0 aliphatic heterocycles. The number of hydrogen-bond acceptors (Lipinski definition) is 3. The molecule has 0 bridgehead atoms. The average Bonchev–Trinajstić information content (AvgIpc) is 3.28. The highest BCUT2D eigenvalue weighted by atomic mass is 19.1. The molecular formula is C34H42FN3O. The van der Waals surface area contributed by atoms with E-state index >= 15 is 0 Å². The summed E-state index contributed by atoms with van der Waals surface area (Å²) in [7, 11) is 0. The highest BCUT2D eigenvalue weighted by Crippen LogP contribution is 2.56. The first-order chi connectivity index (χ1) is 18.9. The van der Waals surface area contributed by atoms with E-state index in [0.29, 0.717) is 18.3 Å². The number of hydrogen-bond donors (Lipinski definition) is 2. The van der Waals surface area contributed by atoms with Gasteiger partial charge in [-0.05, 0) is 97.0 Å². The van der Waals surface area contributed by atoms with Crippen LogP contribution in [0.15, 0.2) is 83.0 Å². The molecule has 0 saturated heterocycles. The Morgan fingerprint density at radius 2 is 1.85 bits per heavy atom. The Morgan fingerprint density at radius 1 is 1.10 bits per heavy atom. The van der Waals surface area contributed by atoms with Gasteiger partial charge >= 0.3 is 0 Å². The van der Waals surface area contributed by atoms with Crippen LogP contribution in [0, 0.1) is 23.1 Å². The monoisotopic (exact) mass is 527 g/mol. The molecule has 2 aromatic carbocycles. The number of amides is 1. The average molecular weight is 528 g/mol. The maximum Gasteiger partial charge on any atom is 0.220 e. The molecule has 0 aromatic heterocycles. The van der Waals surface area contributed by atoms with Crippen LogP contribution in [0.2, 0.25) is 0 Å². The second-order valence-corrected chi connectivity index (χ2v) is 12.0. The van der Waals surface area contributed by atoms with Crippen molar-refractivity contribution in [3.8, 4) is 0 Å². The minimum absolute atomic E-state index is 0.00850. The molecule has 1 unspecified atom stereocenters. The predicted octanol–water partition coefficient (Wildman–Crippen LogP) is 8.10. The smallest absolute Gasteiger partial charge is 0.220 e. The van der Waals surface area contributed by atoms with E-state index in [1.807, 2.05) is 6.07 Å². The van der Waals surface area contributed by atoms with Gasteiger partial charge in [-0.25, -0.2) is 9.38 Å². The third kappa shape index (κ3) is 6.51. The quantitative estimate of drug-likeness (QED) is 0.364. The summed E-state index contributed by atoms with van der Waals surface area (Å²) in [5.41, 5.74) is 11.3. The van der Waals surface area contributed by atoms with Crippen molar-refractivity contribution in [2.24, 2.45) is 28.0 Å². The van der Waals surface area contributed by atoms with E-state index in [1.54, 1.807) is 18.3 Å². The zero-order valence-corrected chi connectivity index (χ0v) is 23.2. The number of nitrogens with two attached hydrogens (primary N) is 1. The number of fused-ring (bicyclic) bond motifs is 1. The van der Waals surface area contributed by atoms with Crippen LogP contribution >= 0.6 is 0 Å². The van der Waals surface area contributed by atoms with Gasteiger partial charge in [0.25, 0.3) is 0 Å². The van der Waals surface area contributed by atoms with Crippen molar-refractivity contribution < 1.29 is 9.18 Å². The molecule has 5 heteroatoms. The highest BCUT2D eigenvalue weighted by molar-refractivity contribution is 6.11. The lowest BCUT2D eigenvalue weighted by Crippen LogP contribution is -2.35. The molecule has 3 aliphatic rings. The summed E-state index contributed by atoms with van der Waals surface area (Å²) >= 11 is 0. The van der Waals surface area contributed by atoms with E-state index in [-0.39, 0.29) is 23.2 Å². The zero-order valence-electron chi connectivity index (χ0n) is 23.2. The number of benzene rings is 2. The zero-order chi connectivity index (χ0) is 27.2. The number of halogens is 1. The minimum atomic E-state index is -0.268. The number of carbonyl (C=O) groups excluding carboxylic acids is 1. The van der Waals surface area contributed by atoms with Crippen LogP contribution in [0.5, 0.6) is 0 Å². The molecule has 3 N–H and O–H groups in total. The summed E-state index contributed by atoms with van der Waals surface area (Å²) in [5, 5.41) is 3.43. The van der Waals surface area contributed by atoms with Gasteiger partial charge < -0.3 is 11.1 Å². The molecule has 3 aliphatic carbocycles. The second-order valence-electron chi connectivity index (χ2n) is 12.0. The van der Waals surface area contributed by atoms with Gasteiger partial charge in [0.1, 0.15) is 5.82 Å². The summed E-state index contributed by atoms with van der Waals surface area (Å²) in [6.45, 7) is 2.35. The van der Waals surface area contributed by atoms with Gasteiger partial charge in [0.05, 0.1) is 17.4 Å². The molecule has 2 fully saturated rings. The summed E-state index contributed by atoms with van der Waals surface area (Å²) in [6, 6.07) is 16.7. The van der Waals surface area contributed by atoms with Gasteiger partial charge in [-0.15, -0.1) is 0 Å². The first-order valence-corrected chi connectivity index (χ1v) is 14.8. The number of aliphatic imine (C=N–C) groups is 1. The molecule has 2 saturated carbocycles. The third-order valence-electron chi connectivity index (χ3n) is 9.43. The van der Waals surface area contributed by atoms with Crippen LogP contribution < -0.4 is 11.1 Å². The number of rotatable bonds is 8. The Kier molecular flexibility index (Phi) is 8.64. The Balaban J connectivity index is 1.32. The third-order valence-corrected chi connectivity index (χ3v) is 9.43. The molecule has 39 heavy (non-hydrogen) atoms. The topological polar surface area (TPSA) is 67.5 Å². The number of allylic oxidation sites excluding steroid dienone is 3. The van der Waals surface area contributed by atoms with E-state index in [2.05, 4.69) is 42.6 Å². The second kappa shape index (κ2) is 12.3.